The fourth-order valence-electron chi connectivity index (χ4n) is 3.54. The SMILES string of the molecule is Cc1ccc(N2C(=O)C(=O)/C(=C(/O)c3ccccc3)[C@H]2c2ccc(F)cc2)cc1Cl. The van der Waals surface area contributed by atoms with E-state index in [4.69, 9.17) is 11.6 Å². The van der Waals surface area contributed by atoms with Crippen LogP contribution in [0.4, 0.5) is 10.1 Å². The highest BCUT2D eigenvalue weighted by atomic mass is 35.5. The van der Waals surface area contributed by atoms with Crippen LogP contribution >= 0.6 is 11.6 Å². The van der Waals surface area contributed by atoms with Crippen LogP contribution in [0.2, 0.25) is 5.02 Å². The molecule has 1 atom stereocenters. The Morgan fingerprint density at radius 1 is 1.00 bits per heavy atom. The number of halogens is 2. The molecule has 1 N–H and O–H groups in total. The number of carbonyl (C=O) groups excluding carboxylic acids is 2. The molecule has 1 amide bonds. The van der Waals surface area contributed by atoms with Gasteiger partial charge in [0.15, 0.2) is 0 Å². The fraction of sp³-hybridized carbons (Fsp3) is 0.0833. The third-order valence-electron chi connectivity index (χ3n) is 5.11. The van der Waals surface area contributed by atoms with Crippen molar-refractivity contribution in [3.8, 4) is 0 Å². The third-order valence-corrected chi connectivity index (χ3v) is 5.52. The van der Waals surface area contributed by atoms with Gasteiger partial charge in [-0.3, -0.25) is 14.5 Å². The minimum absolute atomic E-state index is 0.0606. The van der Waals surface area contributed by atoms with Crippen LogP contribution in [-0.4, -0.2) is 16.8 Å². The number of aliphatic hydroxyl groups is 1. The lowest BCUT2D eigenvalue weighted by molar-refractivity contribution is -0.132. The summed E-state index contributed by atoms with van der Waals surface area (Å²) in [5.41, 5.74) is 2.07. The molecule has 1 aliphatic rings. The standard InChI is InChI=1S/C24H17ClFNO3/c1-14-7-12-18(13-19(14)25)27-21(15-8-10-17(26)11-9-15)20(23(29)24(27)30)22(28)16-5-3-2-4-6-16/h2-13,21,28H,1H3/b22-20+/t21-/m1/s1. The van der Waals surface area contributed by atoms with E-state index in [1.165, 1.54) is 29.2 Å². The van der Waals surface area contributed by atoms with Gasteiger partial charge >= 0.3 is 0 Å². The maximum Gasteiger partial charge on any atom is 0.300 e. The molecule has 4 rings (SSSR count). The highest BCUT2D eigenvalue weighted by molar-refractivity contribution is 6.51. The first-order valence-corrected chi connectivity index (χ1v) is 9.64. The van der Waals surface area contributed by atoms with Crippen molar-refractivity contribution in [3.05, 3.63) is 106 Å². The van der Waals surface area contributed by atoms with Gasteiger partial charge in [0.05, 0.1) is 11.6 Å². The zero-order chi connectivity index (χ0) is 21.4. The Bertz CT molecular complexity index is 1170. The van der Waals surface area contributed by atoms with Gasteiger partial charge in [0.1, 0.15) is 11.6 Å². The summed E-state index contributed by atoms with van der Waals surface area (Å²) in [5.74, 6) is -2.34. The summed E-state index contributed by atoms with van der Waals surface area (Å²) in [6.07, 6.45) is 0. The maximum absolute atomic E-state index is 13.5. The van der Waals surface area contributed by atoms with Crippen LogP contribution < -0.4 is 4.90 Å². The first-order valence-electron chi connectivity index (χ1n) is 9.26. The van der Waals surface area contributed by atoms with Crippen molar-refractivity contribution in [2.24, 2.45) is 0 Å². The largest absolute Gasteiger partial charge is 0.507 e. The van der Waals surface area contributed by atoms with Crippen molar-refractivity contribution in [1.29, 1.82) is 0 Å². The molecule has 3 aromatic rings. The smallest absolute Gasteiger partial charge is 0.300 e. The number of aliphatic hydroxyl groups excluding tert-OH is 1. The van der Waals surface area contributed by atoms with Crippen molar-refractivity contribution in [2.45, 2.75) is 13.0 Å². The molecule has 0 radical (unpaired) electrons. The number of carbonyl (C=O) groups is 2. The van der Waals surface area contributed by atoms with Crippen LogP contribution in [0, 0.1) is 12.7 Å². The number of hydrogen-bond donors (Lipinski definition) is 1. The zero-order valence-electron chi connectivity index (χ0n) is 16.0. The van der Waals surface area contributed by atoms with Gasteiger partial charge in [-0.05, 0) is 42.3 Å². The van der Waals surface area contributed by atoms with E-state index in [9.17, 15) is 19.1 Å². The van der Waals surface area contributed by atoms with Gasteiger partial charge in [0.2, 0.25) is 0 Å². The molecule has 0 bridgehead atoms. The van der Waals surface area contributed by atoms with Gasteiger partial charge in [0, 0.05) is 16.3 Å². The van der Waals surface area contributed by atoms with Crippen molar-refractivity contribution in [1.82, 2.24) is 0 Å². The van der Waals surface area contributed by atoms with Crippen LogP contribution in [0.15, 0.2) is 78.4 Å². The van der Waals surface area contributed by atoms with E-state index in [1.54, 1.807) is 48.5 Å². The average Bonchev–Trinajstić information content (AvgIpc) is 3.01. The van der Waals surface area contributed by atoms with Gasteiger partial charge in [-0.2, -0.15) is 0 Å². The molecule has 4 nitrogen and oxygen atoms in total. The minimum Gasteiger partial charge on any atom is -0.507 e. The van der Waals surface area contributed by atoms with Crippen LogP contribution in [0.1, 0.15) is 22.7 Å². The van der Waals surface area contributed by atoms with E-state index in [0.717, 1.165) is 5.56 Å². The van der Waals surface area contributed by atoms with Crippen molar-refractivity contribution < 1.29 is 19.1 Å². The summed E-state index contributed by atoms with van der Waals surface area (Å²) >= 11 is 6.25. The Hall–Kier alpha value is -3.44. The quantitative estimate of drug-likeness (QED) is 0.349. The fourth-order valence-corrected chi connectivity index (χ4v) is 3.72. The second-order valence-corrected chi connectivity index (χ2v) is 7.43. The number of nitrogens with zero attached hydrogens (tertiary/aromatic N) is 1. The van der Waals surface area contributed by atoms with Crippen LogP contribution in [0.3, 0.4) is 0 Å². The topological polar surface area (TPSA) is 57.6 Å². The Kier molecular flexibility index (Phi) is 5.14. The second kappa shape index (κ2) is 7.76. The number of amides is 1. The van der Waals surface area contributed by atoms with Crippen LogP contribution in [0.5, 0.6) is 0 Å². The van der Waals surface area contributed by atoms with Gasteiger partial charge in [0.25, 0.3) is 11.7 Å². The van der Waals surface area contributed by atoms with Crippen molar-refractivity contribution in [3.63, 3.8) is 0 Å². The molecule has 1 heterocycles. The first kappa shape index (κ1) is 19.9. The lowest BCUT2D eigenvalue weighted by Gasteiger charge is -2.26. The van der Waals surface area contributed by atoms with Gasteiger partial charge in [-0.1, -0.05) is 60.1 Å². The molecule has 30 heavy (non-hydrogen) atoms. The van der Waals surface area contributed by atoms with Crippen molar-refractivity contribution >= 4 is 34.7 Å². The molecule has 0 aliphatic carbocycles. The number of Topliss-reactive ketones (excluding diaryl/α,β-unsaturated/α-hetero) is 1. The van der Waals surface area contributed by atoms with Gasteiger partial charge < -0.3 is 5.11 Å². The molecule has 1 saturated heterocycles. The summed E-state index contributed by atoms with van der Waals surface area (Å²) in [5, 5.41) is 11.4. The van der Waals surface area contributed by atoms with E-state index in [0.29, 0.717) is 21.8 Å². The summed E-state index contributed by atoms with van der Waals surface area (Å²) in [6.45, 7) is 1.83. The first-order chi connectivity index (χ1) is 14.4. The summed E-state index contributed by atoms with van der Waals surface area (Å²) in [4.78, 5) is 27.3. The molecule has 6 heteroatoms. The summed E-state index contributed by atoms with van der Waals surface area (Å²) in [7, 11) is 0. The molecule has 0 spiro atoms. The number of rotatable bonds is 3. The Balaban J connectivity index is 1.95. The Labute approximate surface area is 177 Å². The van der Waals surface area contributed by atoms with E-state index < -0.39 is 23.5 Å². The third kappa shape index (κ3) is 3.37. The molecule has 3 aromatic carbocycles. The lowest BCUT2D eigenvalue weighted by Crippen LogP contribution is -2.29. The van der Waals surface area contributed by atoms with Crippen molar-refractivity contribution in [2.75, 3.05) is 4.90 Å². The van der Waals surface area contributed by atoms with Crippen LogP contribution in [0.25, 0.3) is 5.76 Å². The summed E-state index contributed by atoms with van der Waals surface area (Å²) in [6, 6.07) is 18.1. The predicted octanol–water partition coefficient (Wildman–Crippen LogP) is 5.41. The highest BCUT2D eigenvalue weighted by Gasteiger charge is 2.47. The molecule has 0 aromatic heterocycles. The molecular formula is C24H17ClFNO3. The van der Waals surface area contributed by atoms with E-state index >= 15 is 0 Å². The molecule has 0 saturated carbocycles. The lowest BCUT2D eigenvalue weighted by atomic mass is 9.95. The highest BCUT2D eigenvalue weighted by Crippen LogP contribution is 2.42. The molecule has 1 fully saturated rings. The Morgan fingerprint density at radius 3 is 2.30 bits per heavy atom. The number of benzene rings is 3. The van der Waals surface area contributed by atoms with E-state index in [-0.39, 0.29) is 11.3 Å². The maximum atomic E-state index is 13.5. The van der Waals surface area contributed by atoms with E-state index in [1.807, 2.05) is 6.92 Å². The number of anilines is 1. The van der Waals surface area contributed by atoms with Gasteiger partial charge in [-0.25, -0.2) is 4.39 Å². The molecule has 150 valence electrons. The number of ketones is 1. The monoisotopic (exact) mass is 421 g/mol. The van der Waals surface area contributed by atoms with Gasteiger partial charge in [-0.15, -0.1) is 0 Å². The molecule has 1 aliphatic heterocycles. The normalized spacial score (nSPS) is 18.1. The average molecular weight is 422 g/mol. The zero-order valence-corrected chi connectivity index (χ0v) is 16.7. The predicted molar refractivity (Wildman–Crippen MR) is 114 cm³/mol. The minimum atomic E-state index is -0.926. The second-order valence-electron chi connectivity index (χ2n) is 7.02. The van der Waals surface area contributed by atoms with Crippen LogP contribution in [-0.2, 0) is 9.59 Å². The number of aryl methyl sites for hydroxylation is 1. The van der Waals surface area contributed by atoms with E-state index in [2.05, 4.69) is 0 Å². The Morgan fingerprint density at radius 2 is 1.67 bits per heavy atom. The number of hydrogen-bond acceptors (Lipinski definition) is 3. The molecule has 0 unspecified atom stereocenters. The molecular weight excluding hydrogens is 405 g/mol. The summed E-state index contributed by atoms with van der Waals surface area (Å²) < 4.78 is 13.5.